The lowest BCUT2D eigenvalue weighted by Gasteiger charge is -2.66. The smallest absolute Gasteiger partial charge is 0.331 e. The van der Waals surface area contributed by atoms with Crippen molar-refractivity contribution in [2.24, 2.45) is 28.6 Å². The topological polar surface area (TPSA) is 222 Å². The first kappa shape index (κ1) is 35.8. The van der Waals surface area contributed by atoms with Crippen LogP contribution in [0.15, 0.2) is 11.6 Å². The molecule has 3 aliphatic heterocycles. The van der Waals surface area contributed by atoms with E-state index in [4.69, 9.17) is 23.7 Å². The molecule has 0 spiro atoms. The number of fused-ring (bicyclic) bond motifs is 5. The fourth-order valence-corrected chi connectivity index (χ4v) is 11.3. The van der Waals surface area contributed by atoms with Crippen LogP contribution in [0.4, 0.5) is 0 Å². The monoisotopic (exact) mass is 696 g/mol. The normalized spacial score (nSPS) is 55.9. The summed E-state index contributed by atoms with van der Waals surface area (Å²) in [5.74, 6) is -1.01. The van der Waals surface area contributed by atoms with E-state index in [1.165, 1.54) is 0 Å². The van der Waals surface area contributed by atoms with Gasteiger partial charge in [-0.15, -0.1) is 0 Å². The van der Waals surface area contributed by atoms with Crippen molar-refractivity contribution < 1.29 is 69.0 Å². The highest BCUT2D eigenvalue weighted by Crippen LogP contribution is 2.71. The van der Waals surface area contributed by atoms with Crippen LogP contribution in [0.2, 0.25) is 0 Å². The Balaban J connectivity index is 1.22. The number of aldehydes is 1. The quantitative estimate of drug-likeness (QED) is 0.107. The predicted octanol–water partition coefficient (Wildman–Crippen LogP) is -0.398. The first-order valence-corrected chi connectivity index (χ1v) is 17.9. The van der Waals surface area contributed by atoms with E-state index < -0.39 is 89.5 Å². The summed E-state index contributed by atoms with van der Waals surface area (Å²) in [5, 5.41) is 76.2. The van der Waals surface area contributed by atoms with Gasteiger partial charge in [-0.25, -0.2) is 4.79 Å². The fourth-order valence-electron chi connectivity index (χ4n) is 11.3. The van der Waals surface area contributed by atoms with Crippen LogP contribution in [0.3, 0.4) is 0 Å². The lowest BCUT2D eigenvalue weighted by molar-refractivity contribution is -0.364. The number of aliphatic hydroxyl groups is 7. The average Bonchev–Trinajstić information content (AvgIpc) is 3.62. The summed E-state index contributed by atoms with van der Waals surface area (Å²) in [4.78, 5) is 25.7. The van der Waals surface area contributed by atoms with Crippen LogP contribution >= 0.6 is 0 Å². The number of esters is 1. The molecule has 0 aromatic heterocycles. The Labute approximate surface area is 285 Å². The number of cyclic esters (lactones) is 1. The largest absolute Gasteiger partial charge is 0.458 e. The minimum Gasteiger partial charge on any atom is -0.458 e. The molecular formula is C35H52O14. The van der Waals surface area contributed by atoms with Gasteiger partial charge in [-0.2, -0.15) is 0 Å². The van der Waals surface area contributed by atoms with Gasteiger partial charge in [0.05, 0.1) is 34.9 Å². The zero-order valence-electron chi connectivity index (χ0n) is 28.3. The van der Waals surface area contributed by atoms with Crippen LogP contribution in [0.5, 0.6) is 0 Å². The molecule has 49 heavy (non-hydrogen) atoms. The second-order valence-corrected chi connectivity index (χ2v) is 16.2. The van der Waals surface area contributed by atoms with Crippen LogP contribution in [-0.4, -0.2) is 133 Å². The summed E-state index contributed by atoms with van der Waals surface area (Å²) in [5.41, 5.74) is -3.26. The van der Waals surface area contributed by atoms with E-state index in [0.717, 1.165) is 11.9 Å². The molecule has 14 heteroatoms. The minimum atomic E-state index is -1.62. The van der Waals surface area contributed by atoms with E-state index >= 15 is 0 Å². The van der Waals surface area contributed by atoms with Crippen molar-refractivity contribution in [3.05, 3.63) is 11.6 Å². The van der Waals surface area contributed by atoms with Crippen molar-refractivity contribution in [1.82, 2.24) is 0 Å². The average molecular weight is 697 g/mol. The maximum Gasteiger partial charge on any atom is 0.331 e. The van der Waals surface area contributed by atoms with Gasteiger partial charge in [-0.3, -0.25) is 0 Å². The summed E-state index contributed by atoms with van der Waals surface area (Å²) in [7, 11) is 0. The molecule has 0 aromatic carbocycles. The van der Waals surface area contributed by atoms with Crippen molar-refractivity contribution in [3.8, 4) is 0 Å². The Morgan fingerprint density at radius 1 is 0.796 bits per heavy atom. The minimum absolute atomic E-state index is 0.0393. The molecule has 1 unspecified atom stereocenters. The molecule has 0 aromatic rings. The lowest BCUT2D eigenvalue weighted by atomic mass is 9.41. The van der Waals surface area contributed by atoms with E-state index in [1.54, 1.807) is 19.9 Å². The van der Waals surface area contributed by atoms with Gasteiger partial charge < -0.3 is 64.2 Å². The standard InChI is InChI=1S/C35H52O14/c1-16-24(38)26(40)28(42)30(46-16)48-19-4-9-33(15-36)21-5-8-32(3)20(18-12-23(37)45-14-18)7-11-35(32,44)22(21)6-10-34(33,13-19)49-31-29(43)27(41)25(39)17(2)47-31/h12,15-17,19-22,24-31,38-44H,4-11,13-14H2,1-3H3/t16-,17-,19+,20+,21+,22-,24-,25-,26+,27+,28+,29+,30-,31-,32+,33-,34+,35?/m0/s1. The summed E-state index contributed by atoms with van der Waals surface area (Å²) in [6.45, 7) is 5.42. The molecule has 14 nitrogen and oxygen atoms in total. The van der Waals surface area contributed by atoms with E-state index in [0.29, 0.717) is 38.5 Å². The number of carbonyl (C=O) groups excluding carboxylic acids is 2. The third-order valence-corrected chi connectivity index (χ3v) is 14.1. The maximum atomic E-state index is 13.8. The number of carbonyl (C=O) groups is 2. The Bertz CT molecular complexity index is 1330. The second-order valence-electron chi connectivity index (χ2n) is 16.2. The molecular weight excluding hydrogens is 644 g/mol. The Kier molecular flexibility index (Phi) is 9.17. The van der Waals surface area contributed by atoms with Crippen LogP contribution < -0.4 is 0 Å². The van der Waals surface area contributed by atoms with Gasteiger partial charge in [0.25, 0.3) is 0 Å². The number of rotatable bonds is 6. The molecule has 0 amide bonds. The molecule has 18 atom stereocenters. The highest BCUT2D eigenvalue weighted by Gasteiger charge is 2.73. The Morgan fingerprint density at radius 3 is 2.06 bits per heavy atom. The van der Waals surface area contributed by atoms with Crippen molar-refractivity contribution in [1.29, 1.82) is 0 Å². The molecule has 0 bridgehead atoms. The highest BCUT2D eigenvalue weighted by molar-refractivity contribution is 5.85. The molecule has 276 valence electrons. The molecule has 2 saturated heterocycles. The molecule has 4 aliphatic carbocycles. The molecule has 6 fully saturated rings. The van der Waals surface area contributed by atoms with Crippen molar-refractivity contribution in [2.45, 2.75) is 157 Å². The Hall–Kier alpha value is -1.56. The summed E-state index contributed by atoms with van der Waals surface area (Å²) < 4.78 is 29.9. The molecule has 7 N–H and O–H groups in total. The Morgan fingerprint density at radius 2 is 1.43 bits per heavy atom. The van der Waals surface area contributed by atoms with E-state index in [1.807, 2.05) is 0 Å². The third-order valence-electron chi connectivity index (χ3n) is 14.1. The SMILES string of the molecule is C[C@@H]1O[C@@H](O[C@@H]2CC[C@]3(C=O)[C@@H]4CC[C@]5(C)[C@@H](C6=CC(=O)OC6)CCC5(O)[C@H]4CC[C@@]3(O[C@@H]3O[C@@H](C)[C@H](O)[C@@H](O)[C@H]3O)C2)[C@H](O)[C@H](O)[C@H]1O. The fraction of sp³-hybridized carbons (Fsp3) is 0.886. The number of ether oxygens (including phenoxy) is 5. The van der Waals surface area contributed by atoms with Gasteiger partial charge in [0.1, 0.15) is 49.5 Å². The summed E-state index contributed by atoms with van der Waals surface area (Å²) in [6, 6.07) is 0. The number of hydrogen-bond acceptors (Lipinski definition) is 14. The first-order valence-electron chi connectivity index (χ1n) is 17.9. The number of aliphatic hydroxyl groups excluding tert-OH is 6. The van der Waals surface area contributed by atoms with E-state index in [2.05, 4.69) is 6.92 Å². The molecule has 7 aliphatic rings. The first-order chi connectivity index (χ1) is 23.1. The van der Waals surface area contributed by atoms with E-state index in [9.17, 15) is 45.3 Å². The van der Waals surface area contributed by atoms with Crippen LogP contribution in [-0.2, 0) is 33.3 Å². The van der Waals surface area contributed by atoms with Gasteiger partial charge in [0, 0.05) is 17.9 Å². The molecule has 7 rings (SSSR count). The zero-order valence-corrected chi connectivity index (χ0v) is 28.3. The van der Waals surface area contributed by atoms with Crippen molar-refractivity contribution >= 4 is 12.3 Å². The highest BCUT2D eigenvalue weighted by atomic mass is 16.7. The molecule has 4 saturated carbocycles. The van der Waals surface area contributed by atoms with Gasteiger partial charge in [0.2, 0.25) is 0 Å². The predicted molar refractivity (Wildman–Crippen MR) is 166 cm³/mol. The summed E-state index contributed by atoms with van der Waals surface area (Å²) in [6.07, 6.45) is -7.55. The zero-order chi connectivity index (χ0) is 35.3. The number of hydrogen-bond donors (Lipinski definition) is 7. The molecule has 3 heterocycles. The third kappa shape index (κ3) is 5.23. The van der Waals surface area contributed by atoms with Gasteiger partial charge in [-0.1, -0.05) is 6.92 Å². The van der Waals surface area contributed by atoms with Crippen molar-refractivity contribution in [2.75, 3.05) is 6.61 Å². The van der Waals surface area contributed by atoms with Crippen LogP contribution in [0, 0.1) is 28.6 Å². The summed E-state index contributed by atoms with van der Waals surface area (Å²) >= 11 is 0. The van der Waals surface area contributed by atoms with E-state index in [-0.39, 0.29) is 49.6 Å². The van der Waals surface area contributed by atoms with Crippen LogP contribution in [0.25, 0.3) is 0 Å². The second kappa shape index (κ2) is 12.5. The van der Waals surface area contributed by atoms with Crippen LogP contribution in [0.1, 0.15) is 78.6 Å². The molecule has 0 radical (unpaired) electrons. The van der Waals surface area contributed by atoms with Gasteiger partial charge >= 0.3 is 5.97 Å². The van der Waals surface area contributed by atoms with Gasteiger partial charge in [-0.05, 0) is 88.5 Å². The van der Waals surface area contributed by atoms with Gasteiger partial charge in [0.15, 0.2) is 12.6 Å². The maximum absolute atomic E-state index is 13.8. The van der Waals surface area contributed by atoms with Crippen molar-refractivity contribution in [3.63, 3.8) is 0 Å². The lowest BCUT2D eigenvalue weighted by Crippen LogP contribution is -2.71.